The summed E-state index contributed by atoms with van der Waals surface area (Å²) >= 11 is 0. The van der Waals surface area contributed by atoms with Crippen LogP contribution < -0.4 is 15.8 Å². The molecule has 0 aliphatic heterocycles. The number of nitrogens with two attached hydrogens (primary N) is 1. The molecule has 0 fully saturated rings. The molecule has 7 heteroatoms. The van der Waals surface area contributed by atoms with Crippen molar-refractivity contribution in [3.63, 3.8) is 0 Å². The topological polar surface area (TPSA) is 101 Å². The summed E-state index contributed by atoms with van der Waals surface area (Å²) in [7, 11) is -3.68. The quantitative estimate of drug-likeness (QED) is 0.779. The second kappa shape index (κ2) is 6.80. The van der Waals surface area contributed by atoms with Gasteiger partial charge in [-0.2, -0.15) is 0 Å². The largest absolute Gasteiger partial charge is 0.324 e. The number of sulfonamides is 1. The zero-order valence-corrected chi connectivity index (χ0v) is 13.7. The van der Waals surface area contributed by atoms with Gasteiger partial charge in [-0.05, 0) is 43.7 Å². The van der Waals surface area contributed by atoms with Gasteiger partial charge in [-0.25, -0.2) is 8.42 Å². The summed E-state index contributed by atoms with van der Waals surface area (Å²) in [5, 5.41) is 2.68. The van der Waals surface area contributed by atoms with E-state index >= 15 is 0 Å². The summed E-state index contributed by atoms with van der Waals surface area (Å²) in [6, 6.07) is 12.3. The number of carbonyl (C=O) groups is 1. The van der Waals surface area contributed by atoms with Gasteiger partial charge in [0.1, 0.15) is 0 Å². The first-order chi connectivity index (χ1) is 10.8. The molecule has 0 aliphatic carbocycles. The van der Waals surface area contributed by atoms with E-state index in [0.29, 0.717) is 11.4 Å². The van der Waals surface area contributed by atoms with E-state index in [1.165, 1.54) is 12.1 Å². The third-order valence-electron chi connectivity index (χ3n) is 3.21. The van der Waals surface area contributed by atoms with Crippen LogP contribution in [-0.4, -0.2) is 20.4 Å². The molecule has 0 unspecified atom stereocenters. The van der Waals surface area contributed by atoms with Gasteiger partial charge in [-0.1, -0.05) is 24.3 Å². The van der Waals surface area contributed by atoms with E-state index in [9.17, 15) is 13.2 Å². The monoisotopic (exact) mass is 333 g/mol. The second-order valence-electron chi connectivity index (χ2n) is 5.23. The van der Waals surface area contributed by atoms with Crippen molar-refractivity contribution < 1.29 is 13.2 Å². The lowest BCUT2D eigenvalue weighted by Crippen LogP contribution is -2.32. The minimum atomic E-state index is -3.68. The number of carbonyl (C=O) groups excluding carboxylic acids is 1. The molecule has 2 rings (SSSR count). The molecule has 0 saturated heterocycles. The lowest BCUT2D eigenvalue weighted by Gasteiger charge is -2.13. The number of hydrogen-bond acceptors (Lipinski definition) is 4. The fraction of sp³-hybridized carbons (Fsp3) is 0.188. The van der Waals surface area contributed by atoms with Crippen molar-refractivity contribution in [2.45, 2.75) is 24.8 Å². The molecule has 0 bridgehead atoms. The first-order valence-corrected chi connectivity index (χ1v) is 8.53. The summed E-state index contributed by atoms with van der Waals surface area (Å²) in [6.45, 7) is 3.39. The van der Waals surface area contributed by atoms with Gasteiger partial charge in [-0.15, -0.1) is 0 Å². The van der Waals surface area contributed by atoms with E-state index < -0.39 is 16.1 Å². The van der Waals surface area contributed by atoms with Crippen molar-refractivity contribution in [1.82, 2.24) is 0 Å². The van der Waals surface area contributed by atoms with Crippen LogP contribution in [0, 0.1) is 6.92 Å². The third-order valence-corrected chi connectivity index (χ3v) is 4.61. The molecule has 1 atom stereocenters. The number of aryl methyl sites for hydroxylation is 1. The van der Waals surface area contributed by atoms with E-state index in [-0.39, 0.29) is 10.8 Å². The molecule has 1 amide bonds. The molecule has 0 aliphatic rings. The number of nitrogens with one attached hydrogen (secondary N) is 2. The van der Waals surface area contributed by atoms with Crippen LogP contribution in [0.15, 0.2) is 53.4 Å². The maximum absolute atomic E-state index is 12.3. The first kappa shape index (κ1) is 17.0. The Morgan fingerprint density at radius 1 is 1.13 bits per heavy atom. The third kappa shape index (κ3) is 4.30. The Balaban J connectivity index is 2.26. The lowest BCUT2D eigenvalue weighted by molar-refractivity contribution is -0.117. The smallest absolute Gasteiger partial charge is 0.261 e. The number of benzene rings is 2. The highest BCUT2D eigenvalue weighted by Gasteiger charge is 2.15. The minimum Gasteiger partial charge on any atom is -0.324 e. The predicted octanol–water partition coefficient (Wildman–Crippen LogP) is 2.08. The second-order valence-corrected chi connectivity index (χ2v) is 6.91. The molecule has 0 saturated carbocycles. The maximum atomic E-state index is 12.3. The molecular formula is C16H19N3O3S. The summed E-state index contributed by atoms with van der Waals surface area (Å²) < 4.78 is 27.1. The van der Waals surface area contributed by atoms with Crippen LogP contribution >= 0.6 is 0 Å². The summed E-state index contributed by atoms with van der Waals surface area (Å²) in [4.78, 5) is 11.9. The lowest BCUT2D eigenvalue weighted by atomic mass is 10.1. The van der Waals surface area contributed by atoms with Crippen molar-refractivity contribution in [2.24, 2.45) is 5.73 Å². The normalized spacial score (nSPS) is 12.5. The van der Waals surface area contributed by atoms with Crippen molar-refractivity contribution >= 4 is 27.3 Å². The van der Waals surface area contributed by atoms with Crippen LogP contribution in [0.3, 0.4) is 0 Å². The summed E-state index contributed by atoms with van der Waals surface area (Å²) in [6.07, 6.45) is 0. The Morgan fingerprint density at radius 2 is 1.78 bits per heavy atom. The number of hydrogen-bond donors (Lipinski definition) is 3. The van der Waals surface area contributed by atoms with Crippen LogP contribution in [0.4, 0.5) is 11.4 Å². The average molecular weight is 333 g/mol. The average Bonchev–Trinajstić information content (AvgIpc) is 2.51. The van der Waals surface area contributed by atoms with Crippen LogP contribution in [0.2, 0.25) is 0 Å². The van der Waals surface area contributed by atoms with Crippen molar-refractivity contribution in [1.29, 1.82) is 0 Å². The molecular weight excluding hydrogens is 314 g/mol. The summed E-state index contributed by atoms with van der Waals surface area (Å²) in [5.41, 5.74) is 7.21. The Kier molecular flexibility index (Phi) is 5.02. The van der Waals surface area contributed by atoms with Gasteiger partial charge in [-0.3, -0.25) is 9.52 Å². The standard InChI is InChI=1S/C16H19N3O3S/c1-11-8-9-13(10-15(11)18-16(20)12(2)17)19-23(21,22)14-6-4-3-5-7-14/h3-10,12,19H,17H2,1-2H3,(H,18,20)/t12-/m0/s1. The molecule has 0 heterocycles. The Bertz CT molecular complexity index is 803. The van der Waals surface area contributed by atoms with Crippen LogP contribution in [-0.2, 0) is 14.8 Å². The van der Waals surface area contributed by atoms with Crippen molar-refractivity contribution in [3.05, 3.63) is 54.1 Å². The fourth-order valence-electron chi connectivity index (χ4n) is 1.88. The van der Waals surface area contributed by atoms with Crippen molar-refractivity contribution in [2.75, 3.05) is 10.0 Å². The molecule has 2 aromatic rings. The molecule has 2 aromatic carbocycles. The maximum Gasteiger partial charge on any atom is 0.261 e. The van der Waals surface area contributed by atoms with E-state index in [1.807, 2.05) is 6.92 Å². The highest BCUT2D eigenvalue weighted by molar-refractivity contribution is 7.92. The van der Waals surface area contributed by atoms with Gasteiger partial charge in [0.2, 0.25) is 5.91 Å². The molecule has 0 radical (unpaired) electrons. The van der Waals surface area contributed by atoms with E-state index in [0.717, 1.165) is 5.56 Å². The van der Waals surface area contributed by atoms with Gasteiger partial charge < -0.3 is 11.1 Å². The van der Waals surface area contributed by atoms with Gasteiger partial charge in [0.25, 0.3) is 10.0 Å². The Labute approximate surface area is 135 Å². The highest BCUT2D eigenvalue weighted by atomic mass is 32.2. The first-order valence-electron chi connectivity index (χ1n) is 7.04. The Morgan fingerprint density at radius 3 is 2.39 bits per heavy atom. The molecule has 6 nitrogen and oxygen atoms in total. The van der Waals surface area contributed by atoms with Crippen LogP contribution in [0.5, 0.6) is 0 Å². The number of amides is 1. The molecule has 23 heavy (non-hydrogen) atoms. The van der Waals surface area contributed by atoms with Gasteiger partial charge >= 0.3 is 0 Å². The number of anilines is 2. The minimum absolute atomic E-state index is 0.168. The van der Waals surface area contributed by atoms with Crippen LogP contribution in [0.25, 0.3) is 0 Å². The highest BCUT2D eigenvalue weighted by Crippen LogP contribution is 2.23. The van der Waals surface area contributed by atoms with Crippen LogP contribution in [0.1, 0.15) is 12.5 Å². The van der Waals surface area contributed by atoms with E-state index in [1.54, 1.807) is 43.3 Å². The molecule has 122 valence electrons. The predicted molar refractivity (Wildman–Crippen MR) is 90.7 cm³/mol. The summed E-state index contributed by atoms with van der Waals surface area (Å²) in [5.74, 6) is -0.337. The molecule has 0 aromatic heterocycles. The molecule has 4 N–H and O–H groups in total. The number of rotatable bonds is 5. The van der Waals surface area contributed by atoms with Gasteiger partial charge in [0, 0.05) is 5.69 Å². The van der Waals surface area contributed by atoms with Gasteiger partial charge in [0.05, 0.1) is 16.6 Å². The Hall–Kier alpha value is -2.38. The van der Waals surface area contributed by atoms with E-state index in [4.69, 9.17) is 5.73 Å². The van der Waals surface area contributed by atoms with Gasteiger partial charge in [0.15, 0.2) is 0 Å². The van der Waals surface area contributed by atoms with Crippen molar-refractivity contribution in [3.8, 4) is 0 Å². The zero-order valence-electron chi connectivity index (χ0n) is 12.9. The SMILES string of the molecule is Cc1ccc(NS(=O)(=O)c2ccccc2)cc1NC(=O)[C@H](C)N. The fourth-order valence-corrected chi connectivity index (χ4v) is 2.95. The molecule has 0 spiro atoms. The zero-order chi connectivity index (χ0) is 17.0. The van der Waals surface area contributed by atoms with E-state index in [2.05, 4.69) is 10.0 Å².